The summed E-state index contributed by atoms with van der Waals surface area (Å²) >= 11 is 5.99. The van der Waals surface area contributed by atoms with Crippen molar-refractivity contribution >= 4 is 17.3 Å². The quantitative estimate of drug-likeness (QED) is 0.731. The largest absolute Gasteiger partial charge is 0.504 e. The van der Waals surface area contributed by atoms with Gasteiger partial charge in [-0.2, -0.15) is 0 Å². The standard InChI is InChI=1S/C13H12ClNO2/c14-10-5-1-2-6-11(10)15-8-9-4-3-7-12(16)13(9)17/h1-7,15-17H,8H2. The molecular formula is C13H12ClNO2. The summed E-state index contributed by atoms with van der Waals surface area (Å²) in [5, 5.41) is 22.7. The maximum Gasteiger partial charge on any atom is 0.162 e. The Morgan fingerprint density at radius 1 is 1.00 bits per heavy atom. The van der Waals surface area contributed by atoms with Gasteiger partial charge in [0.2, 0.25) is 0 Å². The van der Waals surface area contributed by atoms with Gasteiger partial charge in [-0.05, 0) is 18.2 Å². The van der Waals surface area contributed by atoms with Crippen LogP contribution in [-0.4, -0.2) is 10.2 Å². The first-order valence-corrected chi connectivity index (χ1v) is 5.54. The predicted octanol–water partition coefficient (Wildman–Crippen LogP) is 3.36. The lowest BCUT2D eigenvalue weighted by Crippen LogP contribution is -2.00. The molecule has 17 heavy (non-hydrogen) atoms. The fourth-order valence-corrected chi connectivity index (χ4v) is 1.72. The van der Waals surface area contributed by atoms with Gasteiger partial charge in [0.15, 0.2) is 11.5 Å². The summed E-state index contributed by atoms with van der Waals surface area (Å²) in [6.45, 7) is 0.393. The van der Waals surface area contributed by atoms with Gasteiger partial charge in [0.05, 0.1) is 10.7 Å². The third-order valence-corrected chi connectivity index (χ3v) is 2.77. The number of benzene rings is 2. The molecule has 0 amide bonds. The van der Waals surface area contributed by atoms with Gasteiger partial charge in [0, 0.05) is 12.1 Å². The highest BCUT2D eigenvalue weighted by molar-refractivity contribution is 6.33. The molecule has 0 atom stereocenters. The Morgan fingerprint density at radius 3 is 2.53 bits per heavy atom. The van der Waals surface area contributed by atoms with E-state index >= 15 is 0 Å². The van der Waals surface area contributed by atoms with Crippen molar-refractivity contribution < 1.29 is 10.2 Å². The maximum atomic E-state index is 9.62. The molecule has 4 heteroatoms. The first-order valence-electron chi connectivity index (χ1n) is 5.16. The molecule has 3 nitrogen and oxygen atoms in total. The molecule has 0 aliphatic carbocycles. The summed E-state index contributed by atoms with van der Waals surface area (Å²) < 4.78 is 0. The van der Waals surface area contributed by atoms with Gasteiger partial charge in [0.25, 0.3) is 0 Å². The van der Waals surface area contributed by atoms with Crippen LogP contribution < -0.4 is 5.32 Å². The van der Waals surface area contributed by atoms with Gasteiger partial charge in [-0.15, -0.1) is 0 Å². The minimum Gasteiger partial charge on any atom is -0.504 e. The van der Waals surface area contributed by atoms with Crippen molar-refractivity contribution in [2.45, 2.75) is 6.54 Å². The summed E-state index contributed by atoms with van der Waals surface area (Å²) in [5.74, 6) is -0.226. The molecule has 0 saturated carbocycles. The van der Waals surface area contributed by atoms with Crippen molar-refractivity contribution in [1.29, 1.82) is 0 Å². The molecule has 0 unspecified atom stereocenters. The van der Waals surface area contributed by atoms with E-state index in [0.29, 0.717) is 17.1 Å². The highest BCUT2D eigenvalue weighted by atomic mass is 35.5. The van der Waals surface area contributed by atoms with Crippen LogP contribution >= 0.6 is 11.6 Å². The molecule has 2 aromatic rings. The predicted molar refractivity (Wildman–Crippen MR) is 68.6 cm³/mol. The summed E-state index contributed by atoms with van der Waals surface area (Å²) in [6, 6.07) is 12.2. The van der Waals surface area contributed by atoms with Gasteiger partial charge < -0.3 is 15.5 Å². The SMILES string of the molecule is Oc1cccc(CNc2ccccc2Cl)c1O. The average Bonchev–Trinajstić information content (AvgIpc) is 2.33. The molecule has 0 spiro atoms. The Bertz CT molecular complexity index is 529. The van der Waals surface area contributed by atoms with Gasteiger partial charge in [-0.25, -0.2) is 0 Å². The number of para-hydroxylation sites is 2. The second kappa shape index (κ2) is 4.97. The molecule has 3 N–H and O–H groups in total. The zero-order chi connectivity index (χ0) is 12.3. The number of aromatic hydroxyl groups is 2. The topological polar surface area (TPSA) is 52.5 Å². The number of anilines is 1. The smallest absolute Gasteiger partial charge is 0.162 e. The molecule has 0 aliphatic rings. The molecule has 0 aliphatic heterocycles. The minimum atomic E-state index is -0.122. The Kier molecular flexibility index (Phi) is 3.40. The molecule has 0 heterocycles. The van der Waals surface area contributed by atoms with Gasteiger partial charge >= 0.3 is 0 Å². The van der Waals surface area contributed by atoms with E-state index in [-0.39, 0.29) is 11.5 Å². The number of phenolic OH excluding ortho intramolecular Hbond substituents is 2. The number of nitrogens with one attached hydrogen (secondary N) is 1. The van der Waals surface area contributed by atoms with Crippen LogP contribution in [-0.2, 0) is 6.54 Å². The number of rotatable bonds is 3. The number of hydrogen-bond acceptors (Lipinski definition) is 3. The number of hydrogen-bond donors (Lipinski definition) is 3. The van der Waals surface area contributed by atoms with Gasteiger partial charge in [0.1, 0.15) is 0 Å². The minimum absolute atomic E-state index is 0.105. The van der Waals surface area contributed by atoms with Crippen molar-refractivity contribution in [3.63, 3.8) is 0 Å². The second-order valence-corrected chi connectivity index (χ2v) is 4.03. The normalized spacial score (nSPS) is 10.2. The highest BCUT2D eigenvalue weighted by Crippen LogP contribution is 2.29. The van der Waals surface area contributed by atoms with Crippen molar-refractivity contribution in [3.8, 4) is 11.5 Å². The Hall–Kier alpha value is -1.87. The van der Waals surface area contributed by atoms with Crippen LogP contribution in [0.25, 0.3) is 0 Å². The van der Waals surface area contributed by atoms with Crippen LogP contribution in [0.15, 0.2) is 42.5 Å². The van der Waals surface area contributed by atoms with E-state index in [0.717, 1.165) is 5.69 Å². The molecule has 0 radical (unpaired) electrons. The van der Waals surface area contributed by atoms with E-state index in [1.165, 1.54) is 6.07 Å². The second-order valence-electron chi connectivity index (χ2n) is 3.62. The van der Waals surface area contributed by atoms with Crippen molar-refractivity contribution in [1.82, 2.24) is 0 Å². The summed E-state index contributed by atoms with van der Waals surface area (Å²) in [5.41, 5.74) is 1.40. The molecule has 0 aromatic heterocycles. The van der Waals surface area contributed by atoms with E-state index in [1.54, 1.807) is 18.2 Å². The molecular weight excluding hydrogens is 238 g/mol. The van der Waals surface area contributed by atoms with Crippen molar-refractivity contribution in [2.75, 3.05) is 5.32 Å². The maximum absolute atomic E-state index is 9.62. The van der Waals surface area contributed by atoms with Crippen LogP contribution in [0.2, 0.25) is 5.02 Å². The third kappa shape index (κ3) is 2.63. The molecule has 88 valence electrons. The lowest BCUT2D eigenvalue weighted by atomic mass is 10.2. The van der Waals surface area contributed by atoms with E-state index in [4.69, 9.17) is 11.6 Å². The fraction of sp³-hybridized carbons (Fsp3) is 0.0769. The van der Waals surface area contributed by atoms with E-state index in [1.807, 2.05) is 18.2 Å². The number of phenols is 2. The molecule has 0 saturated heterocycles. The summed E-state index contributed by atoms with van der Waals surface area (Å²) in [6.07, 6.45) is 0. The van der Waals surface area contributed by atoms with E-state index < -0.39 is 0 Å². The van der Waals surface area contributed by atoms with Crippen LogP contribution in [0.3, 0.4) is 0 Å². The first kappa shape index (κ1) is 11.6. The lowest BCUT2D eigenvalue weighted by Gasteiger charge is -2.10. The lowest BCUT2D eigenvalue weighted by molar-refractivity contribution is 0.400. The first-order chi connectivity index (χ1) is 8.18. The molecule has 2 aromatic carbocycles. The average molecular weight is 250 g/mol. The molecule has 0 bridgehead atoms. The van der Waals surface area contributed by atoms with Gasteiger partial charge in [-0.1, -0.05) is 35.9 Å². The van der Waals surface area contributed by atoms with E-state index in [9.17, 15) is 10.2 Å². The zero-order valence-electron chi connectivity index (χ0n) is 9.02. The van der Waals surface area contributed by atoms with Gasteiger partial charge in [-0.3, -0.25) is 0 Å². The van der Waals surface area contributed by atoms with E-state index in [2.05, 4.69) is 5.32 Å². The third-order valence-electron chi connectivity index (χ3n) is 2.44. The summed E-state index contributed by atoms with van der Waals surface area (Å²) in [7, 11) is 0. The zero-order valence-corrected chi connectivity index (χ0v) is 9.78. The highest BCUT2D eigenvalue weighted by Gasteiger charge is 2.06. The van der Waals surface area contributed by atoms with Crippen molar-refractivity contribution in [3.05, 3.63) is 53.1 Å². The van der Waals surface area contributed by atoms with Crippen LogP contribution in [0.5, 0.6) is 11.5 Å². The molecule has 2 rings (SSSR count). The Balaban J connectivity index is 2.13. The molecule has 0 fully saturated rings. The van der Waals surface area contributed by atoms with Crippen LogP contribution in [0, 0.1) is 0 Å². The Labute approximate surface area is 104 Å². The summed E-state index contributed by atoms with van der Waals surface area (Å²) in [4.78, 5) is 0. The van der Waals surface area contributed by atoms with Crippen molar-refractivity contribution in [2.24, 2.45) is 0 Å². The fourth-order valence-electron chi connectivity index (χ4n) is 1.52. The monoisotopic (exact) mass is 249 g/mol. The Morgan fingerprint density at radius 2 is 1.76 bits per heavy atom. The number of halogens is 1. The van der Waals surface area contributed by atoms with Crippen LogP contribution in [0.1, 0.15) is 5.56 Å². The van der Waals surface area contributed by atoms with Crippen LogP contribution in [0.4, 0.5) is 5.69 Å².